The maximum Gasteiger partial charge on any atom is 0.167 e. The second kappa shape index (κ2) is 10.5. The summed E-state index contributed by atoms with van der Waals surface area (Å²) in [5.74, 6) is 1.63. The SMILES string of the molecule is CC(C)[N+]([O-])(CC1O[C@@H](n2cnc3c(N)ncnc32)[C@H](O)[C@@H]1O)[C@H]1C[C@H](CCc2nc3cc(C(C)(C)C)ccc3[nH]2)C1. The number of aryl methyl sites for hydroxylation is 1. The summed E-state index contributed by atoms with van der Waals surface area (Å²) in [5, 5.41) is 36.1. The number of benzene rings is 1. The Morgan fingerprint density at radius 2 is 1.93 bits per heavy atom. The minimum Gasteiger partial charge on any atom is -0.632 e. The molecule has 2 aliphatic rings. The number of nitrogens with two attached hydrogens (primary N) is 1. The molecule has 5 atom stereocenters. The second-order valence-electron chi connectivity index (χ2n) is 13.5. The Morgan fingerprint density at radius 1 is 1.17 bits per heavy atom. The van der Waals surface area contributed by atoms with Gasteiger partial charge in [0.2, 0.25) is 0 Å². The molecule has 5 N–H and O–H groups in total. The van der Waals surface area contributed by atoms with E-state index in [0.29, 0.717) is 17.1 Å². The highest BCUT2D eigenvalue weighted by Crippen LogP contribution is 2.42. The minimum absolute atomic E-state index is 0.0488. The van der Waals surface area contributed by atoms with E-state index in [2.05, 4.69) is 58.9 Å². The van der Waals surface area contributed by atoms with Gasteiger partial charge >= 0.3 is 0 Å². The molecule has 1 aromatic carbocycles. The molecular formula is C30H42N8O4. The number of fused-ring (bicyclic) bond motifs is 2. The second-order valence-corrected chi connectivity index (χ2v) is 13.5. The number of ether oxygens (including phenoxy) is 1. The summed E-state index contributed by atoms with van der Waals surface area (Å²) in [4.78, 5) is 20.7. The molecule has 226 valence electrons. The Hall–Kier alpha value is -3.16. The number of nitrogens with zero attached hydrogens (tertiary/aromatic N) is 6. The van der Waals surface area contributed by atoms with Gasteiger partial charge in [0.25, 0.3) is 0 Å². The van der Waals surface area contributed by atoms with Gasteiger partial charge in [-0.25, -0.2) is 19.9 Å². The fourth-order valence-corrected chi connectivity index (χ4v) is 6.51. The van der Waals surface area contributed by atoms with Gasteiger partial charge in [-0.15, -0.1) is 0 Å². The van der Waals surface area contributed by atoms with Crippen LogP contribution in [-0.2, 0) is 16.6 Å². The van der Waals surface area contributed by atoms with E-state index in [-0.39, 0.29) is 29.9 Å². The van der Waals surface area contributed by atoms with Crippen LogP contribution in [0, 0.1) is 11.1 Å². The predicted molar refractivity (Wildman–Crippen MR) is 159 cm³/mol. The molecule has 1 aliphatic carbocycles. The van der Waals surface area contributed by atoms with Crippen molar-refractivity contribution in [2.24, 2.45) is 5.92 Å². The molecular weight excluding hydrogens is 536 g/mol. The summed E-state index contributed by atoms with van der Waals surface area (Å²) >= 11 is 0. The Kier molecular flexibility index (Phi) is 7.25. The van der Waals surface area contributed by atoms with Gasteiger partial charge in [-0.1, -0.05) is 26.8 Å². The van der Waals surface area contributed by atoms with Gasteiger partial charge in [0.1, 0.15) is 42.5 Å². The van der Waals surface area contributed by atoms with Crippen LogP contribution in [0.1, 0.15) is 71.5 Å². The molecule has 3 aromatic heterocycles. The number of aromatic amines is 1. The lowest BCUT2D eigenvalue weighted by Gasteiger charge is -2.58. The third kappa shape index (κ3) is 5.05. The van der Waals surface area contributed by atoms with Crippen LogP contribution in [0.2, 0.25) is 0 Å². The smallest absolute Gasteiger partial charge is 0.167 e. The van der Waals surface area contributed by atoms with Crippen LogP contribution in [0.5, 0.6) is 0 Å². The first-order valence-electron chi connectivity index (χ1n) is 14.9. The quantitative estimate of drug-likeness (QED) is 0.181. The molecule has 0 bridgehead atoms. The molecule has 12 heteroatoms. The third-order valence-corrected chi connectivity index (χ3v) is 9.35. The molecule has 2 unspecified atom stereocenters. The van der Waals surface area contributed by atoms with Crippen molar-refractivity contribution in [3.8, 4) is 0 Å². The topological polar surface area (TPSA) is 171 Å². The molecule has 1 saturated carbocycles. The van der Waals surface area contributed by atoms with E-state index in [1.807, 2.05) is 13.8 Å². The van der Waals surface area contributed by atoms with Gasteiger partial charge in [0, 0.05) is 19.3 Å². The lowest BCUT2D eigenvalue weighted by Crippen LogP contribution is -2.63. The molecule has 0 radical (unpaired) electrons. The van der Waals surface area contributed by atoms with Crippen molar-refractivity contribution < 1.29 is 19.6 Å². The number of nitrogen functional groups attached to an aromatic ring is 1. The first-order valence-corrected chi connectivity index (χ1v) is 14.9. The summed E-state index contributed by atoms with van der Waals surface area (Å²) in [7, 11) is 0. The van der Waals surface area contributed by atoms with Crippen molar-refractivity contribution in [1.82, 2.24) is 29.5 Å². The van der Waals surface area contributed by atoms with Crippen LogP contribution in [0.25, 0.3) is 22.2 Å². The third-order valence-electron chi connectivity index (χ3n) is 9.35. The Labute approximate surface area is 245 Å². The highest BCUT2D eigenvalue weighted by Gasteiger charge is 2.50. The summed E-state index contributed by atoms with van der Waals surface area (Å²) in [6.07, 6.45) is 1.94. The van der Waals surface area contributed by atoms with Crippen molar-refractivity contribution in [1.29, 1.82) is 0 Å². The molecule has 2 fully saturated rings. The number of hydrogen-bond acceptors (Lipinski definition) is 9. The Balaban J connectivity index is 1.09. The summed E-state index contributed by atoms with van der Waals surface area (Å²) in [6.45, 7) is 10.5. The zero-order valence-electron chi connectivity index (χ0n) is 24.9. The van der Waals surface area contributed by atoms with Crippen molar-refractivity contribution in [3.05, 3.63) is 47.4 Å². The standard InChI is InChI=1S/C30H42N8O4/c1-16(2)38(41,13-22-25(39)26(40)29(42-22)37-15-34-24-27(31)32-14-33-28(24)37)19-10-17(11-19)6-9-23-35-20-8-7-18(30(3,4)5)12-21(20)36-23/h7-8,12,14-17,19,22,25-26,29,39-40H,6,9-11,13H2,1-5H3,(H,35,36)(H2,31,32,33)/t17-,19-,22?,25-,26-,29-,38?/m1/s1. The van der Waals surface area contributed by atoms with Crippen LogP contribution in [-0.4, -0.2) is 81.3 Å². The zero-order chi connectivity index (χ0) is 30.0. The van der Waals surface area contributed by atoms with E-state index < -0.39 is 29.2 Å². The van der Waals surface area contributed by atoms with Crippen LogP contribution in [0.3, 0.4) is 0 Å². The molecule has 4 heterocycles. The molecule has 12 nitrogen and oxygen atoms in total. The fourth-order valence-electron chi connectivity index (χ4n) is 6.51. The molecule has 1 aliphatic heterocycles. The zero-order valence-corrected chi connectivity index (χ0v) is 24.9. The van der Waals surface area contributed by atoms with E-state index in [1.54, 1.807) is 0 Å². The number of hydroxylamine groups is 3. The largest absolute Gasteiger partial charge is 0.632 e. The van der Waals surface area contributed by atoms with E-state index in [9.17, 15) is 15.4 Å². The highest BCUT2D eigenvalue weighted by molar-refractivity contribution is 5.81. The summed E-state index contributed by atoms with van der Waals surface area (Å²) in [5.41, 5.74) is 10.1. The number of aliphatic hydroxyl groups excluding tert-OH is 2. The number of aromatic nitrogens is 6. The lowest BCUT2D eigenvalue weighted by molar-refractivity contribution is -0.935. The Bertz CT molecular complexity index is 1570. The summed E-state index contributed by atoms with van der Waals surface area (Å²) < 4.78 is 7.19. The summed E-state index contributed by atoms with van der Waals surface area (Å²) in [6, 6.07) is 6.12. The van der Waals surface area contributed by atoms with Crippen molar-refractivity contribution in [3.63, 3.8) is 0 Å². The van der Waals surface area contributed by atoms with Gasteiger partial charge in [-0.2, -0.15) is 0 Å². The van der Waals surface area contributed by atoms with Gasteiger partial charge in [0.15, 0.2) is 17.7 Å². The molecule has 0 amide bonds. The highest BCUT2D eigenvalue weighted by atomic mass is 16.6. The first-order chi connectivity index (χ1) is 19.8. The van der Waals surface area contributed by atoms with Gasteiger partial charge in [0.05, 0.1) is 29.4 Å². The number of H-pyrrole nitrogens is 1. The van der Waals surface area contributed by atoms with Crippen LogP contribution < -0.4 is 5.73 Å². The fraction of sp³-hybridized carbons (Fsp3) is 0.600. The molecule has 1 saturated heterocycles. The van der Waals surface area contributed by atoms with Crippen molar-refractivity contribution in [2.45, 2.75) is 102 Å². The predicted octanol–water partition coefficient (Wildman–Crippen LogP) is 3.34. The minimum atomic E-state index is -1.25. The van der Waals surface area contributed by atoms with E-state index in [4.69, 9.17) is 15.5 Å². The molecule has 0 spiro atoms. The van der Waals surface area contributed by atoms with Crippen LogP contribution in [0.15, 0.2) is 30.9 Å². The van der Waals surface area contributed by atoms with Gasteiger partial charge < -0.3 is 35.5 Å². The maximum absolute atomic E-state index is 14.3. The average molecular weight is 579 g/mol. The number of rotatable bonds is 8. The van der Waals surface area contributed by atoms with Crippen LogP contribution >= 0.6 is 0 Å². The molecule has 6 rings (SSSR count). The Morgan fingerprint density at radius 3 is 2.64 bits per heavy atom. The number of hydrogen-bond donors (Lipinski definition) is 4. The number of imidazole rings is 2. The monoisotopic (exact) mass is 578 g/mol. The van der Waals surface area contributed by atoms with E-state index >= 15 is 0 Å². The van der Waals surface area contributed by atoms with Gasteiger partial charge in [-0.05, 0) is 49.3 Å². The number of anilines is 1. The van der Waals surface area contributed by atoms with Crippen LogP contribution in [0.4, 0.5) is 5.82 Å². The van der Waals surface area contributed by atoms with E-state index in [1.165, 1.54) is 22.8 Å². The van der Waals surface area contributed by atoms with E-state index in [0.717, 1.165) is 42.5 Å². The number of aliphatic hydroxyl groups is 2. The average Bonchev–Trinajstić information content (AvgIpc) is 3.59. The first kappa shape index (κ1) is 28.9. The normalized spacial score (nSPS) is 28.0. The van der Waals surface area contributed by atoms with Gasteiger partial charge in [-0.3, -0.25) is 4.57 Å². The number of nitrogens with one attached hydrogen (secondary N) is 1. The van der Waals surface area contributed by atoms with Crippen molar-refractivity contribution in [2.75, 3.05) is 12.3 Å². The molecule has 4 aromatic rings. The molecule has 42 heavy (non-hydrogen) atoms. The van der Waals surface area contributed by atoms with Crippen molar-refractivity contribution >= 4 is 28.0 Å². The lowest BCUT2D eigenvalue weighted by atomic mass is 9.75. The maximum atomic E-state index is 14.3. The number of quaternary nitrogens is 1.